The average Bonchev–Trinajstić information content (AvgIpc) is 1.83. The maximum atomic E-state index is 11.6. The third kappa shape index (κ3) is 3.19. The van der Waals surface area contributed by atoms with Crippen LogP contribution in [0.1, 0.15) is 6.92 Å². The molecule has 0 heterocycles. The van der Waals surface area contributed by atoms with Gasteiger partial charge in [-0.15, -0.1) is 0 Å². The highest BCUT2D eigenvalue weighted by Crippen LogP contribution is 2.21. The minimum absolute atomic E-state index is 0.783. The second kappa shape index (κ2) is 3.50. The Bertz CT molecular complexity index is 295. The molecule has 13 heavy (non-hydrogen) atoms. The van der Waals surface area contributed by atoms with E-state index in [9.17, 15) is 26.4 Å². The third-order valence-corrected chi connectivity index (χ3v) is 2.28. The maximum Gasteiger partial charge on any atom is 0.511 e. The second-order valence-corrected chi connectivity index (χ2v) is 3.83. The number of aliphatic carboxylic acids is 1. The Labute approximate surface area is 71.6 Å². The number of carbonyl (C=O) groups is 1. The van der Waals surface area contributed by atoms with E-state index < -0.39 is 27.5 Å². The predicted octanol–water partition coefficient (Wildman–Crippen LogP) is -0.101. The standard InChI is InChI=1S/C4H6F3NO4S/c1-2(3(9)10)8-13(11,12)4(5,6)7/h2,8H,1H3,(H,9,10). The van der Waals surface area contributed by atoms with Gasteiger partial charge in [0.2, 0.25) is 0 Å². The number of carboxylic acids is 1. The molecule has 0 saturated heterocycles. The molecule has 0 aromatic heterocycles. The van der Waals surface area contributed by atoms with Gasteiger partial charge in [-0.25, -0.2) is 8.42 Å². The van der Waals surface area contributed by atoms with Crippen molar-refractivity contribution in [3.05, 3.63) is 0 Å². The molecule has 0 saturated carbocycles. The van der Waals surface area contributed by atoms with Gasteiger partial charge >= 0.3 is 21.5 Å². The highest BCUT2D eigenvalue weighted by atomic mass is 32.2. The highest BCUT2D eigenvalue weighted by Gasteiger charge is 2.47. The number of hydrogen-bond acceptors (Lipinski definition) is 3. The Hall–Kier alpha value is -0.830. The topological polar surface area (TPSA) is 83.5 Å². The van der Waals surface area contributed by atoms with Crippen molar-refractivity contribution in [2.45, 2.75) is 18.5 Å². The van der Waals surface area contributed by atoms with Crippen molar-refractivity contribution in [1.82, 2.24) is 4.72 Å². The summed E-state index contributed by atoms with van der Waals surface area (Å²) in [5.74, 6) is -1.69. The van der Waals surface area contributed by atoms with Crippen LogP contribution in [0.2, 0.25) is 0 Å². The molecule has 1 unspecified atom stereocenters. The van der Waals surface area contributed by atoms with Gasteiger partial charge in [0.05, 0.1) is 0 Å². The summed E-state index contributed by atoms with van der Waals surface area (Å²) in [6.07, 6.45) is 0. The van der Waals surface area contributed by atoms with E-state index in [1.807, 2.05) is 0 Å². The number of alkyl halides is 3. The summed E-state index contributed by atoms with van der Waals surface area (Å²) >= 11 is 0. The van der Waals surface area contributed by atoms with Crippen LogP contribution in [0.3, 0.4) is 0 Å². The van der Waals surface area contributed by atoms with Gasteiger partial charge in [0.1, 0.15) is 6.04 Å². The SMILES string of the molecule is CC(NS(=O)(=O)C(F)(F)F)C(=O)O. The lowest BCUT2D eigenvalue weighted by Gasteiger charge is -2.11. The summed E-state index contributed by atoms with van der Waals surface area (Å²) in [5.41, 5.74) is -5.49. The summed E-state index contributed by atoms with van der Waals surface area (Å²) in [7, 11) is -5.57. The van der Waals surface area contributed by atoms with Crippen LogP contribution in [0.4, 0.5) is 13.2 Å². The molecule has 0 amide bonds. The van der Waals surface area contributed by atoms with Crippen LogP contribution < -0.4 is 4.72 Å². The summed E-state index contributed by atoms with van der Waals surface area (Å²) in [5, 5.41) is 8.12. The molecule has 78 valence electrons. The molecule has 0 fully saturated rings. The zero-order valence-corrected chi connectivity index (χ0v) is 7.11. The lowest BCUT2D eigenvalue weighted by molar-refractivity contribution is -0.138. The molecular weight excluding hydrogens is 215 g/mol. The minimum Gasteiger partial charge on any atom is -0.480 e. The first-order valence-electron chi connectivity index (χ1n) is 2.89. The lowest BCUT2D eigenvalue weighted by Crippen LogP contribution is -2.44. The molecule has 1 atom stereocenters. The molecule has 0 aliphatic heterocycles. The van der Waals surface area contributed by atoms with Gasteiger partial charge < -0.3 is 5.11 Å². The van der Waals surface area contributed by atoms with E-state index in [1.54, 1.807) is 0 Å². The first kappa shape index (κ1) is 12.2. The van der Waals surface area contributed by atoms with Crippen LogP contribution >= 0.6 is 0 Å². The number of carboxylic acid groups (broad SMARTS) is 1. The minimum atomic E-state index is -5.57. The van der Waals surface area contributed by atoms with Gasteiger partial charge in [-0.3, -0.25) is 4.79 Å². The largest absolute Gasteiger partial charge is 0.511 e. The van der Waals surface area contributed by atoms with E-state index in [0.29, 0.717) is 0 Å². The van der Waals surface area contributed by atoms with Crippen molar-refractivity contribution in [2.75, 3.05) is 0 Å². The van der Waals surface area contributed by atoms with Gasteiger partial charge in [-0.2, -0.15) is 17.9 Å². The zero-order chi connectivity index (χ0) is 10.9. The molecule has 0 aliphatic rings. The second-order valence-electron chi connectivity index (χ2n) is 2.13. The zero-order valence-electron chi connectivity index (χ0n) is 6.29. The molecule has 0 aromatic rings. The van der Waals surface area contributed by atoms with Crippen molar-refractivity contribution in [3.63, 3.8) is 0 Å². The quantitative estimate of drug-likeness (QED) is 0.697. The van der Waals surface area contributed by atoms with Gasteiger partial charge in [-0.1, -0.05) is 0 Å². The first-order valence-corrected chi connectivity index (χ1v) is 4.37. The average molecular weight is 221 g/mol. The molecule has 5 nitrogen and oxygen atoms in total. The molecule has 0 aromatic carbocycles. The van der Waals surface area contributed by atoms with Crippen molar-refractivity contribution >= 4 is 16.0 Å². The fourth-order valence-corrected chi connectivity index (χ4v) is 1.05. The van der Waals surface area contributed by atoms with E-state index >= 15 is 0 Å². The third-order valence-electron chi connectivity index (χ3n) is 1.01. The van der Waals surface area contributed by atoms with Crippen LogP contribution in [0, 0.1) is 0 Å². The van der Waals surface area contributed by atoms with Gasteiger partial charge in [0.25, 0.3) is 0 Å². The van der Waals surface area contributed by atoms with Gasteiger partial charge in [0, 0.05) is 0 Å². The summed E-state index contributed by atoms with van der Waals surface area (Å²) in [4.78, 5) is 10.0. The molecule has 2 N–H and O–H groups in total. The number of sulfonamides is 1. The summed E-state index contributed by atoms with van der Waals surface area (Å²) in [6, 6.07) is -1.81. The molecule has 0 bridgehead atoms. The summed E-state index contributed by atoms with van der Waals surface area (Å²) in [6.45, 7) is 0.783. The van der Waals surface area contributed by atoms with Crippen molar-refractivity contribution in [3.8, 4) is 0 Å². The number of nitrogens with one attached hydrogen (secondary N) is 1. The Kier molecular flexibility index (Phi) is 3.28. The Morgan fingerprint density at radius 2 is 1.85 bits per heavy atom. The Morgan fingerprint density at radius 3 is 2.08 bits per heavy atom. The number of halogens is 3. The normalized spacial score (nSPS) is 15.4. The molecule has 0 radical (unpaired) electrons. The monoisotopic (exact) mass is 221 g/mol. The van der Waals surface area contributed by atoms with Crippen LogP contribution in [-0.4, -0.2) is 31.0 Å². The summed E-state index contributed by atoms with van der Waals surface area (Å²) < 4.78 is 56.3. The highest BCUT2D eigenvalue weighted by molar-refractivity contribution is 7.90. The van der Waals surface area contributed by atoms with E-state index in [0.717, 1.165) is 11.6 Å². The van der Waals surface area contributed by atoms with Gasteiger partial charge in [-0.05, 0) is 6.92 Å². The van der Waals surface area contributed by atoms with Crippen LogP contribution in [-0.2, 0) is 14.8 Å². The van der Waals surface area contributed by atoms with Crippen LogP contribution in [0.15, 0.2) is 0 Å². The molecule has 0 spiro atoms. The lowest BCUT2D eigenvalue weighted by atomic mass is 10.4. The van der Waals surface area contributed by atoms with Crippen LogP contribution in [0.25, 0.3) is 0 Å². The molecule has 9 heteroatoms. The smallest absolute Gasteiger partial charge is 0.480 e. The first-order chi connectivity index (χ1) is 5.58. The number of hydrogen-bond donors (Lipinski definition) is 2. The molecule has 0 aliphatic carbocycles. The maximum absolute atomic E-state index is 11.6. The van der Waals surface area contributed by atoms with E-state index in [4.69, 9.17) is 5.11 Å². The van der Waals surface area contributed by atoms with Crippen molar-refractivity contribution in [2.24, 2.45) is 0 Å². The Morgan fingerprint density at radius 1 is 1.46 bits per heavy atom. The van der Waals surface area contributed by atoms with Gasteiger partial charge in [0.15, 0.2) is 0 Å². The Balaban J connectivity index is 4.64. The molecule has 0 rings (SSSR count). The van der Waals surface area contributed by atoms with Crippen molar-refractivity contribution < 1.29 is 31.5 Å². The van der Waals surface area contributed by atoms with E-state index in [1.165, 1.54) is 0 Å². The van der Waals surface area contributed by atoms with Crippen molar-refractivity contribution in [1.29, 1.82) is 0 Å². The van der Waals surface area contributed by atoms with E-state index in [-0.39, 0.29) is 0 Å². The van der Waals surface area contributed by atoms with E-state index in [2.05, 4.69) is 0 Å². The number of rotatable bonds is 3. The fourth-order valence-electron chi connectivity index (χ4n) is 0.350. The van der Waals surface area contributed by atoms with Crippen LogP contribution in [0.5, 0.6) is 0 Å². The fraction of sp³-hybridized carbons (Fsp3) is 0.750. The predicted molar refractivity (Wildman–Crippen MR) is 35.2 cm³/mol. The molecular formula is C4H6F3NO4S.